The minimum atomic E-state index is -0.710. The van der Waals surface area contributed by atoms with E-state index in [4.69, 9.17) is 4.74 Å². The molecule has 3 rings (SSSR count). The molecule has 0 saturated carbocycles. The van der Waals surface area contributed by atoms with Gasteiger partial charge in [-0.25, -0.2) is 4.79 Å². The number of amides is 1. The number of carbonyl (C=O) groups is 2. The summed E-state index contributed by atoms with van der Waals surface area (Å²) in [7, 11) is 1.33. The topological polar surface area (TPSA) is 55.4 Å². The molecule has 0 aromatic heterocycles. The summed E-state index contributed by atoms with van der Waals surface area (Å²) in [5.74, 6) is -0.664. The molecule has 0 bridgehead atoms. The predicted molar refractivity (Wildman–Crippen MR) is 112 cm³/mol. The number of carbonyl (C=O) groups excluding carboxylic acids is 2. The van der Waals surface area contributed by atoms with Gasteiger partial charge in [-0.2, -0.15) is 0 Å². The molecule has 142 valence electrons. The van der Waals surface area contributed by atoms with Crippen LogP contribution in [0.2, 0.25) is 0 Å². The standard InChI is InChI=1S/C24H23NO3/c1-28-24(27)22(13-7-10-18-8-3-2-4-9-18)25-23(26)17-19-14-15-20-11-5-6-12-21(20)16-19/h2-12,14-16,22H,13,17H2,1H3,(H,25,26)/b10-7+/t22-/m1/s1. The van der Waals surface area contributed by atoms with Gasteiger partial charge in [0.25, 0.3) is 0 Å². The van der Waals surface area contributed by atoms with E-state index in [1.54, 1.807) is 0 Å². The third kappa shape index (κ3) is 5.30. The van der Waals surface area contributed by atoms with Crippen LogP contribution < -0.4 is 5.32 Å². The number of nitrogens with one attached hydrogen (secondary N) is 1. The van der Waals surface area contributed by atoms with Crippen molar-refractivity contribution in [3.63, 3.8) is 0 Å². The lowest BCUT2D eigenvalue weighted by molar-refractivity contribution is -0.144. The Hall–Kier alpha value is -3.40. The van der Waals surface area contributed by atoms with Crippen molar-refractivity contribution >= 4 is 28.7 Å². The van der Waals surface area contributed by atoms with E-state index in [1.165, 1.54) is 7.11 Å². The van der Waals surface area contributed by atoms with Crippen LogP contribution in [-0.4, -0.2) is 25.0 Å². The van der Waals surface area contributed by atoms with Crippen LogP contribution in [0.25, 0.3) is 16.8 Å². The fourth-order valence-electron chi connectivity index (χ4n) is 3.04. The molecule has 0 fully saturated rings. The molecular formula is C24H23NO3. The average Bonchev–Trinajstić information content (AvgIpc) is 2.73. The number of hydrogen-bond acceptors (Lipinski definition) is 3. The molecular weight excluding hydrogens is 350 g/mol. The van der Waals surface area contributed by atoms with Gasteiger partial charge < -0.3 is 10.1 Å². The van der Waals surface area contributed by atoms with Crippen molar-refractivity contribution in [1.29, 1.82) is 0 Å². The Morgan fingerprint density at radius 1 is 0.964 bits per heavy atom. The molecule has 4 nitrogen and oxygen atoms in total. The highest BCUT2D eigenvalue weighted by atomic mass is 16.5. The van der Waals surface area contributed by atoms with E-state index in [9.17, 15) is 9.59 Å². The highest BCUT2D eigenvalue weighted by Crippen LogP contribution is 2.16. The maximum atomic E-state index is 12.5. The van der Waals surface area contributed by atoms with E-state index in [2.05, 4.69) is 5.32 Å². The first kappa shape index (κ1) is 19.4. The largest absolute Gasteiger partial charge is 0.467 e. The van der Waals surface area contributed by atoms with Gasteiger partial charge in [0.1, 0.15) is 6.04 Å². The molecule has 28 heavy (non-hydrogen) atoms. The lowest BCUT2D eigenvalue weighted by Gasteiger charge is -2.15. The van der Waals surface area contributed by atoms with Gasteiger partial charge in [-0.3, -0.25) is 4.79 Å². The minimum Gasteiger partial charge on any atom is -0.467 e. The maximum absolute atomic E-state index is 12.5. The molecule has 0 unspecified atom stereocenters. The Morgan fingerprint density at radius 3 is 2.43 bits per heavy atom. The smallest absolute Gasteiger partial charge is 0.328 e. The highest BCUT2D eigenvalue weighted by Gasteiger charge is 2.20. The lowest BCUT2D eigenvalue weighted by atomic mass is 10.0. The van der Waals surface area contributed by atoms with Crippen molar-refractivity contribution in [1.82, 2.24) is 5.32 Å². The van der Waals surface area contributed by atoms with Crippen molar-refractivity contribution in [2.75, 3.05) is 7.11 Å². The second-order valence-electron chi connectivity index (χ2n) is 6.55. The molecule has 3 aromatic carbocycles. The van der Waals surface area contributed by atoms with Crippen molar-refractivity contribution in [2.45, 2.75) is 18.9 Å². The maximum Gasteiger partial charge on any atom is 0.328 e. The fourth-order valence-corrected chi connectivity index (χ4v) is 3.04. The van der Waals surface area contributed by atoms with Gasteiger partial charge in [-0.05, 0) is 28.3 Å². The average molecular weight is 373 g/mol. The zero-order valence-corrected chi connectivity index (χ0v) is 15.8. The number of ether oxygens (including phenoxy) is 1. The summed E-state index contributed by atoms with van der Waals surface area (Å²) in [6.45, 7) is 0. The number of rotatable bonds is 7. The molecule has 1 N–H and O–H groups in total. The van der Waals surface area contributed by atoms with Gasteiger partial charge in [0, 0.05) is 0 Å². The summed E-state index contributed by atoms with van der Waals surface area (Å²) >= 11 is 0. The van der Waals surface area contributed by atoms with Crippen LogP contribution in [-0.2, 0) is 20.7 Å². The van der Waals surface area contributed by atoms with Gasteiger partial charge in [-0.1, -0.05) is 84.9 Å². The second kappa shape index (κ2) is 9.51. The van der Waals surface area contributed by atoms with Crippen LogP contribution in [0.4, 0.5) is 0 Å². The third-order valence-corrected chi connectivity index (χ3v) is 4.48. The van der Waals surface area contributed by atoms with E-state index in [0.717, 1.165) is 21.9 Å². The molecule has 4 heteroatoms. The molecule has 0 saturated heterocycles. The third-order valence-electron chi connectivity index (χ3n) is 4.48. The minimum absolute atomic E-state index is 0.209. The van der Waals surface area contributed by atoms with Crippen LogP contribution in [0, 0.1) is 0 Å². The quantitative estimate of drug-likeness (QED) is 0.633. The number of methoxy groups -OCH3 is 1. The lowest BCUT2D eigenvalue weighted by Crippen LogP contribution is -2.41. The molecule has 0 spiro atoms. The monoisotopic (exact) mass is 373 g/mol. The van der Waals surface area contributed by atoms with Crippen LogP contribution >= 0.6 is 0 Å². The summed E-state index contributed by atoms with van der Waals surface area (Å²) < 4.78 is 4.84. The zero-order chi connectivity index (χ0) is 19.8. The van der Waals surface area contributed by atoms with Crippen LogP contribution in [0.15, 0.2) is 78.9 Å². The summed E-state index contributed by atoms with van der Waals surface area (Å²) in [5, 5.41) is 5.00. The van der Waals surface area contributed by atoms with E-state index >= 15 is 0 Å². The molecule has 0 radical (unpaired) electrons. The molecule has 0 aliphatic heterocycles. The van der Waals surface area contributed by atoms with Crippen molar-refractivity contribution in [2.24, 2.45) is 0 Å². The van der Waals surface area contributed by atoms with Gasteiger partial charge >= 0.3 is 5.97 Å². The van der Waals surface area contributed by atoms with E-state index in [1.807, 2.05) is 84.9 Å². The van der Waals surface area contributed by atoms with Crippen LogP contribution in [0.1, 0.15) is 17.5 Å². The Bertz CT molecular complexity index is 979. The molecule has 0 aliphatic carbocycles. The van der Waals surface area contributed by atoms with E-state index in [-0.39, 0.29) is 12.3 Å². The molecule has 1 atom stereocenters. The first-order valence-corrected chi connectivity index (χ1v) is 9.22. The van der Waals surface area contributed by atoms with E-state index < -0.39 is 12.0 Å². The van der Waals surface area contributed by atoms with Crippen molar-refractivity contribution in [3.05, 3.63) is 90.0 Å². The first-order chi connectivity index (χ1) is 13.7. The summed E-state index contributed by atoms with van der Waals surface area (Å²) in [4.78, 5) is 24.5. The summed E-state index contributed by atoms with van der Waals surface area (Å²) in [5.41, 5.74) is 1.94. The SMILES string of the molecule is COC(=O)[C@@H](C/C=C/c1ccccc1)NC(=O)Cc1ccc2ccccc2c1. The van der Waals surface area contributed by atoms with Gasteiger partial charge in [0.05, 0.1) is 13.5 Å². The number of esters is 1. The van der Waals surface area contributed by atoms with Crippen molar-refractivity contribution < 1.29 is 14.3 Å². The Morgan fingerprint density at radius 2 is 1.68 bits per heavy atom. The molecule has 1 amide bonds. The molecule has 3 aromatic rings. The highest BCUT2D eigenvalue weighted by molar-refractivity contribution is 5.88. The molecule has 0 heterocycles. The predicted octanol–water partition coefficient (Wildman–Crippen LogP) is 4.14. The van der Waals surface area contributed by atoms with Crippen LogP contribution in [0.5, 0.6) is 0 Å². The number of fused-ring (bicyclic) bond motifs is 1. The zero-order valence-electron chi connectivity index (χ0n) is 15.8. The Labute approximate surface area is 164 Å². The van der Waals surface area contributed by atoms with Gasteiger partial charge in [-0.15, -0.1) is 0 Å². The fraction of sp³-hybridized carbons (Fsp3) is 0.167. The second-order valence-corrected chi connectivity index (χ2v) is 6.55. The Kier molecular flexibility index (Phi) is 6.58. The Balaban J connectivity index is 1.63. The first-order valence-electron chi connectivity index (χ1n) is 9.22. The van der Waals surface area contributed by atoms with Crippen LogP contribution in [0.3, 0.4) is 0 Å². The normalized spacial score (nSPS) is 12.0. The van der Waals surface area contributed by atoms with Crippen molar-refractivity contribution in [3.8, 4) is 0 Å². The number of benzene rings is 3. The molecule has 0 aliphatic rings. The van der Waals surface area contributed by atoms with E-state index in [0.29, 0.717) is 6.42 Å². The summed E-state index contributed by atoms with van der Waals surface area (Å²) in [6, 6.07) is 23.0. The summed E-state index contributed by atoms with van der Waals surface area (Å²) in [6.07, 6.45) is 4.37. The number of hydrogen-bond donors (Lipinski definition) is 1. The van der Waals surface area contributed by atoms with Gasteiger partial charge in [0.2, 0.25) is 5.91 Å². The van der Waals surface area contributed by atoms with Gasteiger partial charge in [0.15, 0.2) is 0 Å².